The number of aromatic nitrogens is 2. The normalized spacial score (nSPS) is 11.2. The molecule has 0 bridgehead atoms. The van der Waals surface area contributed by atoms with E-state index < -0.39 is 0 Å². The molecule has 0 N–H and O–H groups in total. The highest BCUT2D eigenvalue weighted by Crippen LogP contribution is 2.37. The summed E-state index contributed by atoms with van der Waals surface area (Å²) in [7, 11) is 1.37. The number of halogens is 1. The Labute approximate surface area is 172 Å². The number of carbonyl (C=O) groups excluding carboxylic acids is 1. The highest BCUT2D eigenvalue weighted by Gasteiger charge is 2.20. The average Bonchev–Trinajstić information content (AvgIpc) is 3.04. The minimum atomic E-state index is -0.277. The fourth-order valence-electron chi connectivity index (χ4n) is 3.33. The summed E-state index contributed by atoms with van der Waals surface area (Å²) >= 11 is 7.76. The number of hydrogen-bond donors (Lipinski definition) is 0. The Morgan fingerprint density at radius 1 is 1.32 bits per heavy atom. The Morgan fingerprint density at radius 3 is 2.71 bits per heavy atom. The first-order chi connectivity index (χ1) is 13.4. The van der Waals surface area contributed by atoms with Gasteiger partial charge in [-0.05, 0) is 49.9 Å². The van der Waals surface area contributed by atoms with E-state index in [1.54, 1.807) is 15.9 Å². The lowest BCUT2D eigenvalue weighted by Crippen LogP contribution is -2.24. The third-order valence-corrected chi connectivity index (χ3v) is 6.49. The predicted octanol–water partition coefficient (Wildman–Crippen LogP) is 4.91. The van der Waals surface area contributed by atoms with E-state index in [-0.39, 0.29) is 17.9 Å². The Kier molecular flexibility index (Phi) is 6.20. The lowest BCUT2D eigenvalue weighted by Gasteiger charge is -2.10. The van der Waals surface area contributed by atoms with Gasteiger partial charge in [-0.2, -0.15) is 0 Å². The largest absolute Gasteiger partial charge is 0.469 e. The maximum atomic E-state index is 13.4. The number of carbonyl (C=O) groups is 1. The van der Waals surface area contributed by atoms with E-state index in [9.17, 15) is 9.59 Å². The monoisotopic (exact) mass is 418 g/mol. The number of methoxy groups -OCH3 is 1. The summed E-state index contributed by atoms with van der Waals surface area (Å²) in [6.07, 6.45) is 1.62. The molecule has 1 aromatic carbocycles. The van der Waals surface area contributed by atoms with Crippen molar-refractivity contribution >= 4 is 39.1 Å². The van der Waals surface area contributed by atoms with Gasteiger partial charge in [0.2, 0.25) is 0 Å². The van der Waals surface area contributed by atoms with Crippen molar-refractivity contribution < 1.29 is 9.53 Å². The molecule has 7 heteroatoms. The number of esters is 1. The van der Waals surface area contributed by atoms with Gasteiger partial charge in [-0.25, -0.2) is 4.98 Å². The van der Waals surface area contributed by atoms with Crippen LogP contribution in [0.1, 0.15) is 36.0 Å². The molecule has 3 rings (SSSR count). The molecule has 28 heavy (non-hydrogen) atoms. The third-order valence-electron chi connectivity index (χ3n) is 4.83. The molecule has 2 aromatic heterocycles. The number of fused-ring (bicyclic) bond motifs is 1. The lowest BCUT2D eigenvalue weighted by atomic mass is 10.0. The Bertz CT molecular complexity index is 1100. The number of rotatable bonds is 6. The van der Waals surface area contributed by atoms with Gasteiger partial charge in [-0.1, -0.05) is 24.6 Å². The summed E-state index contributed by atoms with van der Waals surface area (Å²) < 4.78 is 6.34. The van der Waals surface area contributed by atoms with Gasteiger partial charge in [0.15, 0.2) is 0 Å². The number of hydrogen-bond acceptors (Lipinski definition) is 5. The molecule has 0 saturated heterocycles. The van der Waals surface area contributed by atoms with Crippen molar-refractivity contribution in [3.8, 4) is 11.1 Å². The van der Waals surface area contributed by atoms with Gasteiger partial charge in [0.25, 0.3) is 5.56 Å². The van der Waals surface area contributed by atoms with Crippen LogP contribution in [0.5, 0.6) is 0 Å². The molecule has 0 spiro atoms. The molecule has 5 nitrogen and oxygen atoms in total. The zero-order chi connectivity index (χ0) is 20.4. The van der Waals surface area contributed by atoms with Gasteiger partial charge in [-0.15, -0.1) is 11.3 Å². The van der Waals surface area contributed by atoms with Crippen LogP contribution in [0.4, 0.5) is 0 Å². The quantitative estimate of drug-likeness (QED) is 0.533. The van der Waals surface area contributed by atoms with Crippen LogP contribution >= 0.6 is 22.9 Å². The summed E-state index contributed by atoms with van der Waals surface area (Å²) in [6, 6.07) is 5.84. The molecular formula is C21H23ClN2O3S. The van der Waals surface area contributed by atoms with Crippen LogP contribution in [-0.4, -0.2) is 22.6 Å². The van der Waals surface area contributed by atoms with E-state index in [1.165, 1.54) is 7.11 Å². The van der Waals surface area contributed by atoms with Gasteiger partial charge in [-0.3, -0.25) is 14.2 Å². The summed E-state index contributed by atoms with van der Waals surface area (Å²) in [5.41, 5.74) is 2.83. The number of benzene rings is 1. The average molecular weight is 419 g/mol. The number of nitrogens with zero attached hydrogens (tertiary/aromatic N) is 2. The fraction of sp³-hybridized carbons (Fsp3) is 0.381. The Balaban J connectivity index is 2.15. The van der Waals surface area contributed by atoms with Gasteiger partial charge in [0, 0.05) is 28.4 Å². The first-order valence-electron chi connectivity index (χ1n) is 9.23. The highest BCUT2D eigenvalue weighted by atomic mass is 35.5. The SMILES string of the molecule is CCc1sc2nc(C)n(CCCC(=O)OC)c(=O)c2c1-c1ccc(Cl)c(C)c1. The van der Waals surface area contributed by atoms with Crippen molar-refractivity contribution in [2.75, 3.05) is 7.11 Å². The Morgan fingerprint density at radius 2 is 2.07 bits per heavy atom. The summed E-state index contributed by atoms with van der Waals surface area (Å²) in [6.45, 7) is 6.30. The molecule has 0 unspecified atom stereocenters. The molecule has 0 saturated carbocycles. The van der Waals surface area contributed by atoms with Crippen LogP contribution in [-0.2, 0) is 22.5 Å². The topological polar surface area (TPSA) is 61.2 Å². The molecule has 148 valence electrons. The van der Waals surface area contributed by atoms with E-state index in [0.29, 0.717) is 29.2 Å². The van der Waals surface area contributed by atoms with Crippen LogP contribution in [0.2, 0.25) is 5.02 Å². The molecule has 0 radical (unpaired) electrons. The summed E-state index contributed by atoms with van der Waals surface area (Å²) in [4.78, 5) is 31.3. The van der Waals surface area contributed by atoms with Crippen LogP contribution in [0.15, 0.2) is 23.0 Å². The number of aryl methyl sites for hydroxylation is 3. The van der Waals surface area contributed by atoms with Gasteiger partial charge < -0.3 is 4.74 Å². The van der Waals surface area contributed by atoms with Crippen molar-refractivity contribution in [2.24, 2.45) is 0 Å². The smallest absolute Gasteiger partial charge is 0.305 e. The molecule has 2 heterocycles. The number of thiophene rings is 1. The van der Waals surface area contributed by atoms with Crippen LogP contribution in [0, 0.1) is 13.8 Å². The van der Waals surface area contributed by atoms with E-state index >= 15 is 0 Å². The van der Waals surface area contributed by atoms with Crippen LogP contribution in [0.25, 0.3) is 21.3 Å². The minimum Gasteiger partial charge on any atom is -0.469 e. The molecule has 0 amide bonds. The fourth-order valence-corrected chi connectivity index (χ4v) is 4.62. The van der Waals surface area contributed by atoms with Crippen molar-refractivity contribution in [2.45, 2.75) is 46.6 Å². The second-order valence-electron chi connectivity index (χ2n) is 6.69. The van der Waals surface area contributed by atoms with Crippen LogP contribution in [0.3, 0.4) is 0 Å². The zero-order valence-corrected chi connectivity index (χ0v) is 18.0. The zero-order valence-electron chi connectivity index (χ0n) is 16.5. The first-order valence-corrected chi connectivity index (χ1v) is 10.4. The first kappa shape index (κ1) is 20.6. The van der Waals surface area contributed by atoms with Crippen LogP contribution < -0.4 is 5.56 Å². The maximum Gasteiger partial charge on any atom is 0.305 e. The van der Waals surface area contributed by atoms with Crippen molar-refractivity contribution in [1.29, 1.82) is 0 Å². The molecule has 3 aromatic rings. The molecule has 0 aliphatic carbocycles. The van der Waals surface area contributed by atoms with Crippen molar-refractivity contribution in [3.05, 3.63) is 49.8 Å². The molecule has 0 aliphatic heterocycles. The Hall–Kier alpha value is -2.18. The third kappa shape index (κ3) is 3.84. The highest BCUT2D eigenvalue weighted by molar-refractivity contribution is 7.19. The van der Waals surface area contributed by atoms with E-state index in [0.717, 1.165) is 32.8 Å². The van der Waals surface area contributed by atoms with E-state index in [2.05, 4.69) is 16.6 Å². The second-order valence-corrected chi connectivity index (χ2v) is 8.18. The van der Waals surface area contributed by atoms with Gasteiger partial charge in [0.1, 0.15) is 10.7 Å². The van der Waals surface area contributed by atoms with E-state index in [1.807, 2.05) is 32.0 Å². The standard InChI is InChI=1S/C21H23ClN2O3S/c1-5-16-18(14-8-9-15(22)12(2)11-14)19-20(28-16)23-13(3)24(21(19)26)10-6-7-17(25)27-4/h8-9,11H,5-7,10H2,1-4H3. The number of ether oxygens (including phenoxy) is 1. The summed E-state index contributed by atoms with van der Waals surface area (Å²) in [5, 5.41) is 1.35. The maximum absolute atomic E-state index is 13.4. The second kappa shape index (κ2) is 8.45. The van der Waals surface area contributed by atoms with Gasteiger partial charge >= 0.3 is 5.97 Å². The summed E-state index contributed by atoms with van der Waals surface area (Å²) in [5.74, 6) is 0.381. The molecule has 0 fully saturated rings. The van der Waals surface area contributed by atoms with Crippen molar-refractivity contribution in [1.82, 2.24) is 9.55 Å². The van der Waals surface area contributed by atoms with E-state index in [4.69, 9.17) is 11.6 Å². The molecule has 0 atom stereocenters. The molecular weight excluding hydrogens is 396 g/mol. The van der Waals surface area contributed by atoms with Crippen molar-refractivity contribution in [3.63, 3.8) is 0 Å². The van der Waals surface area contributed by atoms with Gasteiger partial charge in [0.05, 0.1) is 12.5 Å². The predicted molar refractivity (Wildman–Crippen MR) is 114 cm³/mol. The lowest BCUT2D eigenvalue weighted by molar-refractivity contribution is -0.140. The minimum absolute atomic E-state index is 0.0640. The molecule has 0 aliphatic rings.